The van der Waals surface area contributed by atoms with Crippen molar-refractivity contribution >= 4 is 23.8 Å². The van der Waals surface area contributed by atoms with Crippen LogP contribution in [0, 0.1) is 0 Å². The maximum atomic E-state index is 13.0. The Kier molecular flexibility index (Phi) is 9.46. The smallest absolute Gasteiger partial charge is 0.463 e. The summed E-state index contributed by atoms with van der Waals surface area (Å²) >= 11 is 0. The lowest BCUT2D eigenvalue weighted by atomic mass is 9.94. The summed E-state index contributed by atoms with van der Waals surface area (Å²) in [7, 11) is 0. The fraction of sp³-hybridized carbons (Fsp3) is 0.800. The largest absolute Gasteiger partial charge is 0.471 e. The minimum absolute atomic E-state index is 0.383. The summed E-state index contributed by atoms with van der Waals surface area (Å²) in [5.74, 6) is -4.78. The second-order valence-electron chi connectivity index (χ2n) is 7.89. The Bertz CT molecular complexity index is 724. The molecule has 188 valence electrons. The van der Waals surface area contributed by atoms with Crippen molar-refractivity contribution in [3.05, 3.63) is 0 Å². The van der Waals surface area contributed by atoms with E-state index in [0.29, 0.717) is 12.8 Å². The fourth-order valence-electron chi connectivity index (χ4n) is 3.80. The summed E-state index contributed by atoms with van der Waals surface area (Å²) in [4.78, 5) is 46.5. The molecule has 2 fully saturated rings. The highest BCUT2D eigenvalue weighted by Crippen LogP contribution is 2.31. The summed E-state index contributed by atoms with van der Waals surface area (Å²) in [6.45, 7) is 2.69. The summed E-state index contributed by atoms with van der Waals surface area (Å²) in [5.41, 5.74) is 0. The van der Waals surface area contributed by atoms with E-state index in [9.17, 15) is 32.3 Å². The number of carbonyl (C=O) groups is 4. The zero-order valence-electron chi connectivity index (χ0n) is 18.5. The molecule has 5 atom stereocenters. The van der Waals surface area contributed by atoms with Crippen molar-refractivity contribution in [1.82, 2.24) is 5.32 Å². The maximum Gasteiger partial charge on any atom is 0.471 e. The predicted octanol–water partition coefficient (Wildman–Crippen LogP) is 1.53. The Hall–Kier alpha value is -2.41. The van der Waals surface area contributed by atoms with Crippen molar-refractivity contribution in [1.29, 1.82) is 0 Å². The highest BCUT2D eigenvalue weighted by molar-refractivity contribution is 5.82. The summed E-state index contributed by atoms with van der Waals surface area (Å²) < 4.78 is 66.0. The molecule has 13 heteroatoms. The van der Waals surface area contributed by atoms with Crippen molar-refractivity contribution in [2.45, 2.75) is 95.8 Å². The molecule has 1 aliphatic carbocycles. The molecule has 2 aliphatic rings. The van der Waals surface area contributed by atoms with E-state index in [-0.39, 0.29) is 6.10 Å². The molecule has 0 aromatic carbocycles. The van der Waals surface area contributed by atoms with Gasteiger partial charge in [0.15, 0.2) is 18.5 Å². The molecule has 2 rings (SSSR count). The van der Waals surface area contributed by atoms with Crippen LogP contribution in [0.3, 0.4) is 0 Å². The second-order valence-corrected chi connectivity index (χ2v) is 7.89. The maximum absolute atomic E-state index is 13.0. The molecule has 33 heavy (non-hydrogen) atoms. The van der Waals surface area contributed by atoms with E-state index in [1.54, 1.807) is 5.32 Å². The van der Waals surface area contributed by atoms with Gasteiger partial charge < -0.3 is 29.0 Å². The van der Waals surface area contributed by atoms with Crippen LogP contribution in [-0.4, -0.2) is 73.3 Å². The van der Waals surface area contributed by atoms with E-state index < -0.39 is 67.2 Å². The number of alkyl halides is 3. The standard InChI is InChI=1S/C20H28F3NO9/c1-10(25)29-9-14-16(30-11(2)26)17(31-12(3)27)15(24-19(28)20(21,22)23)18(33-14)32-13-7-5-4-6-8-13/h13-18H,4-9H2,1-3H3,(H,24,28)/t14-,15-,16-,17-,18-/m1/s1. The van der Waals surface area contributed by atoms with Gasteiger partial charge in [-0.1, -0.05) is 19.3 Å². The van der Waals surface area contributed by atoms with Crippen LogP contribution >= 0.6 is 0 Å². The topological polar surface area (TPSA) is 126 Å². The molecule has 10 nitrogen and oxygen atoms in total. The SMILES string of the molecule is CC(=O)OC[C@H]1O[C@@H](OC2CCCCC2)[C@H](NC(=O)C(F)(F)F)[C@@H](OC(C)=O)[C@@H]1OC(C)=O. The monoisotopic (exact) mass is 483 g/mol. The van der Waals surface area contributed by atoms with Crippen molar-refractivity contribution in [3.63, 3.8) is 0 Å². The first kappa shape index (κ1) is 26.8. The van der Waals surface area contributed by atoms with Crippen LogP contribution in [0.2, 0.25) is 0 Å². The number of amides is 1. The predicted molar refractivity (Wildman–Crippen MR) is 102 cm³/mol. The van der Waals surface area contributed by atoms with Crippen molar-refractivity contribution < 1.29 is 56.0 Å². The Morgan fingerprint density at radius 1 is 0.909 bits per heavy atom. The first-order valence-electron chi connectivity index (χ1n) is 10.5. The van der Waals surface area contributed by atoms with Gasteiger partial charge in [-0.3, -0.25) is 19.2 Å². The van der Waals surface area contributed by atoms with Crippen LogP contribution in [0.4, 0.5) is 13.2 Å². The fourth-order valence-corrected chi connectivity index (χ4v) is 3.80. The highest BCUT2D eigenvalue weighted by atomic mass is 19.4. The third kappa shape index (κ3) is 8.14. The summed E-state index contributed by atoms with van der Waals surface area (Å²) in [6, 6.07) is -1.66. The number of carbonyl (C=O) groups excluding carboxylic acids is 4. The van der Waals surface area contributed by atoms with Gasteiger partial charge in [0.1, 0.15) is 18.8 Å². The lowest BCUT2D eigenvalue weighted by Crippen LogP contribution is -2.68. The Labute approximate surface area is 188 Å². The Morgan fingerprint density at radius 2 is 1.48 bits per heavy atom. The molecule has 1 amide bonds. The summed E-state index contributed by atoms with van der Waals surface area (Å²) in [5, 5.41) is 1.75. The highest BCUT2D eigenvalue weighted by Gasteiger charge is 2.54. The van der Waals surface area contributed by atoms with Crippen molar-refractivity contribution in [2.75, 3.05) is 6.61 Å². The molecule has 1 N–H and O–H groups in total. The number of hydrogen-bond acceptors (Lipinski definition) is 9. The lowest BCUT2D eigenvalue weighted by molar-refractivity contribution is -0.290. The minimum Gasteiger partial charge on any atom is -0.463 e. The molecule has 0 unspecified atom stereocenters. The number of nitrogens with one attached hydrogen (secondary N) is 1. The van der Waals surface area contributed by atoms with Crippen LogP contribution < -0.4 is 5.32 Å². The van der Waals surface area contributed by atoms with Gasteiger partial charge >= 0.3 is 30.0 Å². The van der Waals surface area contributed by atoms with E-state index in [4.69, 9.17) is 23.7 Å². The van der Waals surface area contributed by atoms with E-state index in [0.717, 1.165) is 40.0 Å². The number of esters is 3. The quantitative estimate of drug-likeness (QED) is 0.424. The molecule has 1 aliphatic heterocycles. The normalized spacial score (nSPS) is 28.5. The molecule has 1 heterocycles. The first-order chi connectivity index (χ1) is 15.4. The number of halogens is 3. The first-order valence-corrected chi connectivity index (χ1v) is 10.5. The second kappa shape index (κ2) is 11.6. The van der Waals surface area contributed by atoms with Crippen molar-refractivity contribution in [2.24, 2.45) is 0 Å². The molecular formula is C20H28F3NO9. The molecule has 0 aromatic rings. The summed E-state index contributed by atoms with van der Waals surface area (Å²) in [6.07, 6.45) is -7.62. The van der Waals surface area contributed by atoms with Gasteiger partial charge in [0.05, 0.1) is 6.10 Å². The van der Waals surface area contributed by atoms with Gasteiger partial charge in [0, 0.05) is 20.8 Å². The number of rotatable bonds is 7. The zero-order chi connectivity index (χ0) is 24.8. The molecule has 1 saturated carbocycles. The van der Waals surface area contributed by atoms with Crippen LogP contribution in [0.15, 0.2) is 0 Å². The number of ether oxygens (including phenoxy) is 5. The average Bonchev–Trinajstić information content (AvgIpc) is 2.70. The van der Waals surface area contributed by atoms with Crippen LogP contribution in [0.1, 0.15) is 52.9 Å². The Balaban J connectivity index is 2.42. The van der Waals surface area contributed by atoms with E-state index in [2.05, 4.69) is 0 Å². The van der Waals surface area contributed by atoms with E-state index in [1.807, 2.05) is 0 Å². The molecule has 0 bridgehead atoms. The van der Waals surface area contributed by atoms with Gasteiger partial charge in [0.25, 0.3) is 0 Å². The van der Waals surface area contributed by atoms with E-state index >= 15 is 0 Å². The zero-order valence-corrected chi connectivity index (χ0v) is 18.5. The Morgan fingerprint density at radius 3 is 2.00 bits per heavy atom. The van der Waals surface area contributed by atoms with Crippen LogP contribution in [0.25, 0.3) is 0 Å². The van der Waals surface area contributed by atoms with E-state index in [1.165, 1.54) is 0 Å². The minimum atomic E-state index is -5.25. The molecule has 0 aromatic heterocycles. The third-order valence-electron chi connectivity index (χ3n) is 5.14. The molecule has 0 spiro atoms. The van der Waals surface area contributed by atoms with Gasteiger partial charge in [-0.25, -0.2) is 0 Å². The molecule has 0 radical (unpaired) electrons. The van der Waals surface area contributed by atoms with Gasteiger partial charge in [-0.15, -0.1) is 0 Å². The molecule has 1 saturated heterocycles. The van der Waals surface area contributed by atoms with Gasteiger partial charge in [0.2, 0.25) is 0 Å². The van der Waals surface area contributed by atoms with Gasteiger partial charge in [-0.05, 0) is 12.8 Å². The van der Waals surface area contributed by atoms with Gasteiger partial charge in [-0.2, -0.15) is 13.2 Å². The third-order valence-corrected chi connectivity index (χ3v) is 5.14. The average molecular weight is 483 g/mol. The number of hydrogen-bond donors (Lipinski definition) is 1. The van der Waals surface area contributed by atoms with Crippen molar-refractivity contribution in [3.8, 4) is 0 Å². The lowest BCUT2D eigenvalue weighted by Gasteiger charge is -2.46. The van der Waals surface area contributed by atoms with Crippen LogP contribution in [-0.2, 0) is 42.9 Å². The van der Waals surface area contributed by atoms with Crippen LogP contribution in [0.5, 0.6) is 0 Å². The molecular weight excluding hydrogens is 455 g/mol.